The normalized spacial score (nSPS) is 14.4. The van der Waals surface area contributed by atoms with Crippen LogP contribution in [0.25, 0.3) is 0 Å². The number of nitrogens with zero attached hydrogens (tertiary/aromatic N) is 1. The van der Waals surface area contributed by atoms with E-state index in [2.05, 4.69) is 9.72 Å². The lowest BCUT2D eigenvalue weighted by Crippen LogP contribution is -2.45. The molecule has 6 heteroatoms. The Labute approximate surface area is 105 Å². The number of ether oxygens (including phenoxy) is 1. The van der Waals surface area contributed by atoms with Gasteiger partial charge in [-0.05, 0) is 26.7 Å². The molecule has 0 aliphatic carbocycles. The zero-order valence-corrected chi connectivity index (χ0v) is 11.2. The molecule has 96 valence electrons. The van der Waals surface area contributed by atoms with E-state index < -0.39 is 5.54 Å². The van der Waals surface area contributed by atoms with E-state index in [0.717, 1.165) is 17.9 Å². The fourth-order valence-electron chi connectivity index (χ4n) is 1.33. The fourth-order valence-corrected chi connectivity index (χ4v) is 2.12. The number of hydrogen-bond acceptors (Lipinski definition) is 6. The molecular formula is C11H18N2O3S. The molecule has 0 saturated carbocycles. The Morgan fingerprint density at radius 2 is 2.41 bits per heavy atom. The van der Waals surface area contributed by atoms with Crippen LogP contribution in [0.4, 0.5) is 0 Å². The molecule has 0 radical (unpaired) electrons. The van der Waals surface area contributed by atoms with Crippen molar-refractivity contribution in [3.8, 4) is 0 Å². The number of rotatable bonds is 6. The number of methoxy groups -OCH3 is 1. The Morgan fingerprint density at radius 3 is 2.94 bits per heavy atom. The van der Waals surface area contributed by atoms with Gasteiger partial charge in [-0.25, -0.2) is 4.98 Å². The largest absolute Gasteiger partial charge is 0.468 e. The third-order valence-corrected chi connectivity index (χ3v) is 3.24. The molecular weight excluding hydrogens is 240 g/mol. The number of hydrogen-bond donors (Lipinski definition) is 1. The average Bonchev–Trinajstić information content (AvgIpc) is 2.69. The summed E-state index contributed by atoms with van der Waals surface area (Å²) in [5.41, 5.74) is 5.78. The van der Waals surface area contributed by atoms with E-state index in [1.54, 1.807) is 13.2 Å². The van der Waals surface area contributed by atoms with Gasteiger partial charge in [0.2, 0.25) is 0 Å². The molecule has 1 aromatic rings. The van der Waals surface area contributed by atoms with E-state index in [4.69, 9.17) is 10.2 Å². The van der Waals surface area contributed by atoms with Gasteiger partial charge in [0.25, 0.3) is 5.22 Å². The summed E-state index contributed by atoms with van der Waals surface area (Å²) >= 11 is 1.52. The summed E-state index contributed by atoms with van der Waals surface area (Å²) in [6.07, 6.45) is 2.99. The summed E-state index contributed by atoms with van der Waals surface area (Å²) in [5.74, 6) is 0.429. The molecule has 0 saturated heterocycles. The molecule has 5 nitrogen and oxygen atoms in total. The molecule has 0 fully saturated rings. The van der Waals surface area contributed by atoms with Crippen LogP contribution in [0.15, 0.2) is 15.9 Å². The van der Waals surface area contributed by atoms with Crippen molar-refractivity contribution < 1.29 is 13.9 Å². The lowest BCUT2D eigenvalue weighted by molar-refractivity contribution is -0.146. The highest BCUT2D eigenvalue weighted by molar-refractivity contribution is 7.99. The molecule has 1 atom stereocenters. The maximum atomic E-state index is 11.3. The lowest BCUT2D eigenvalue weighted by Gasteiger charge is -2.20. The quantitative estimate of drug-likeness (QED) is 0.476. The van der Waals surface area contributed by atoms with Gasteiger partial charge in [0.15, 0.2) is 0 Å². The Hall–Kier alpha value is -1.01. The number of carbonyl (C=O) groups excluding carboxylic acids is 1. The van der Waals surface area contributed by atoms with Crippen LogP contribution in [-0.4, -0.2) is 29.4 Å². The van der Waals surface area contributed by atoms with Gasteiger partial charge in [-0.1, -0.05) is 11.8 Å². The average molecular weight is 258 g/mol. The van der Waals surface area contributed by atoms with E-state index in [0.29, 0.717) is 11.6 Å². The number of esters is 1. The molecule has 1 aromatic heterocycles. The van der Waals surface area contributed by atoms with Gasteiger partial charge >= 0.3 is 5.97 Å². The van der Waals surface area contributed by atoms with Crippen molar-refractivity contribution in [3.63, 3.8) is 0 Å². The molecule has 0 spiro atoms. The Bertz CT molecular complexity index is 377. The zero-order valence-electron chi connectivity index (χ0n) is 10.4. The van der Waals surface area contributed by atoms with Crippen molar-refractivity contribution in [3.05, 3.63) is 12.0 Å². The molecule has 17 heavy (non-hydrogen) atoms. The monoisotopic (exact) mass is 258 g/mol. The number of aryl methyl sites for hydroxylation is 1. The third-order valence-electron chi connectivity index (χ3n) is 2.32. The predicted octanol–water partition coefficient (Wildman–Crippen LogP) is 1.75. The van der Waals surface area contributed by atoms with Gasteiger partial charge in [0, 0.05) is 5.75 Å². The first-order valence-electron chi connectivity index (χ1n) is 5.38. The minimum absolute atomic E-state index is 0.380. The van der Waals surface area contributed by atoms with Crippen LogP contribution < -0.4 is 5.73 Å². The van der Waals surface area contributed by atoms with Crippen LogP contribution in [0.1, 0.15) is 25.5 Å². The first-order chi connectivity index (χ1) is 7.95. The highest BCUT2D eigenvalue weighted by Crippen LogP contribution is 2.20. The third kappa shape index (κ3) is 4.40. The first kappa shape index (κ1) is 14.1. The standard InChI is InChI=1S/C11H18N2O3S/c1-8-7-16-10(13-8)17-6-4-5-11(2,12)9(14)15-3/h7H,4-6,12H2,1-3H3. The summed E-state index contributed by atoms with van der Waals surface area (Å²) in [6, 6.07) is 0. The van der Waals surface area contributed by atoms with Crippen molar-refractivity contribution in [2.75, 3.05) is 12.9 Å². The molecule has 1 heterocycles. The van der Waals surface area contributed by atoms with Crippen LogP contribution in [0, 0.1) is 6.92 Å². The molecule has 1 unspecified atom stereocenters. The Morgan fingerprint density at radius 1 is 1.71 bits per heavy atom. The highest BCUT2D eigenvalue weighted by atomic mass is 32.2. The minimum atomic E-state index is -0.915. The second kappa shape index (κ2) is 6.07. The van der Waals surface area contributed by atoms with Crippen LogP contribution in [0.5, 0.6) is 0 Å². The number of thioether (sulfide) groups is 1. The topological polar surface area (TPSA) is 78.4 Å². The van der Waals surface area contributed by atoms with Crippen LogP contribution in [-0.2, 0) is 9.53 Å². The first-order valence-corrected chi connectivity index (χ1v) is 6.36. The summed E-state index contributed by atoms with van der Waals surface area (Å²) in [7, 11) is 1.34. The molecule has 0 aromatic carbocycles. The van der Waals surface area contributed by atoms with Gasteiger partial charge < -0.3 is 14.9 Å². The van der Waals surface area contributed by atoms with E-state index in [1.807, 2.05) is 6.92 Å². The number of carbonyl (C=O) groups is 1. The molecule has 0 amide bonds. The zero-order chi connectivity index (χ0) is 12.9. The smallest absolute Gasteiger partial charge is 0.325 e. The SMILES string of the molecule is COC(=O)C(C)(N)CCCSc1nc(C)co1. The van der Waals surface area contributed by atoms with Crippen molar-refractivity contribution >= 4 is 17.7 Å². The molecule has 0 aliphatic heterocycles. The predicted molar refractivity (Wildman–Crippen MR) is 65.8 cm³/mol. The number of oxazole rings is 1. The number of nitrogens with two attached hydrogens (primary N) is 1. The van der Waals surface area contributed by atoms with Crippen molar-refractivity contribution in [2.45, 2.75) is 37.5 Å². The summed E-state index contributed by atoms with van der Waals surface area (Å²) in [6.45, 7) is 3.56. The lowest BCUT2D eigenvalue weighted by atomic mass is 9.98. The number of aromatic nitrogens is 1. The van der Waals surface area contributed by atoms with Crippen LogP contribution in [0.2, 0.25) is 0 Å². The molecule has 1 rings (SSSR count). The van der Waals surface area contributed by atoms with Gasteiger partial charge in [-0.15, -0.1) is 0 Å². The Kier molecular flexibility index (Phi) is 5.02. The van der Waals surface area contributed by atoms with Crippen LogP contribution in [0.3, 0.4) is 0 Å². The van der Waals surface area contributed by atoms with Gasteiger partial charge in [-0.3, -0.25) is 4.79 Å². The van der Waals surface area contributed by atoms with E-state index in [9.17, 15) is 4.79 Å². The summed E-state index contributed by atoms with van der Waals surface area (Å²) < 4.78 is 9.83. The van der Waals surface area contributed by atoms with E-state index in [-0.39, 0.29) is 5.97 Å². The molecule has 0 bridgehead atoms. The van der Waals surface area contributed by atoms with Crippen molar-refractivity contribution in [1.82, 2.24) is 4.98 Å². The maximum Gasteiger partial charge on any atom is 0.325 e. The second-order valence-corrected chi connectivity index (χ2v) is 5.16. The van der Waals surface area contributed by atoms with E-state index >= 15 is 0 Å². The summed E-state index contributed by atoms with van der Waals surface area (Å²) in [5, 5.41) is 0.652. The van der Waals surface area contributed by atoms with Crippen LogP contribution >= 0.6 is 11.8 Å². The Balaban J connectivity index is 2.26. The molecule has 2 N–H and O–H groups in total. The van der Waals surface area contributed by atoms with Gasteiger partial charge in [-0.2, -0.15) is 0 Å². The minimum Gasteiger partial charge on any atom is -0.468 e. The summed E-state index contributed by atoms with van der Waals surface area (Å²) in [4.78, 5) is 15.5. The van der Waals surface area contributed by atoms with Gasteiger partial charge in [0.1, 0.15) is 11.8 Å². The molecule has 0 aliphatic rings. The van der Waals surface area contributed by atoms with Crippen molar-refractivity contribution in [1.29, 1.82) is 0 Å². The highest BCUT2D eigenvalue weighted by Gasteiger charge is 2.28. The van der Waals surface area contributed by atoms with Crippen molar-refractivity contribution in [2.24, 2.45) is 5.73 Å². The van der Waals surface area contributed by atoms with Gasteiger partial charge in [0.05, 0.1) is 12.8 Å². The second-order valence-electron chi connectivity index (χ2n) is 4.12. The van der Waals surface area contributed by atoms with E-state index in [1.165, 1.54) is 18.9 Å². The fraction of sp³-hybridized carbons (Fsp3) is 0.636. The maximum absolute atomic E-state index is 11.3.